The fraction of sp³-hybridized carbons (Fsp3) is 0.278. The van der Waals surface area contributed by atoms with Gasteiger partial charge in [-0.2, -0.15) is 0 Å². The molecule has 0 aliphatic heterocycles. The lowest BCUT2D eigenvalue weighted by Crippen LogP contribution is -2.37. The summed E-state index contributed by atoms with van der Waals surface area (Å²) in [6.07, 6.45) is 1.02. The van der Waals surface area contributed by atoms with Gasteiger partial charge >= 0.3 is 6.03 Å². The summed E-state index contributed by atoms with van der Waals surface area (Å²) in [5, 5.41) is 5.58. The van der Waals surface area contributed by atoms with Crippen molar-refractivity contribution in [3.05, 3.63) is 65.7 Å². The fourth-order valence-corrected chi connectivity index (χ4v) is 2.00. The highest BCUT2D eigenvalue weighted by Gasteiger charge is 2.00. The molecule has 2 N–H and O–H groups in total. The molecule has 0 aliphatic rings. The molecular weight excluding hydrogens is 276 g/mol. The van der Waals surface area contributed by atoms with E-state index in [2.05, 4.69) is 29.7 Å². The maximum atomic E-state index is 11.6. The predicted octanol–water partition coefficient (Wildman–Crippen LogP) is 3.13. The van der Waals surface area contributed by atoms with Gasteiger partial charge in [-0.1, -0.05) is 49.4 Å². The van der Waals surface area contributed by atoms with Crippen LogP contribution in [0.15, 0.2) is 54.6 Å². The van der Waals surface area contributed by atoms with Crippen molar-refractivity contribution in [2.45, 2.75) is 19.9 Å². The molecule has 0 saturated heterocycles. The van der Waals surface area contributed by atoms with Gasteiger partial charge in [-0.05, 0) is 29.7 Å². The maximum absolute atomic E-state index is 11.6. The van der Waals surface area contributed by atoms with Crippen molar-refractivity contribution in [3.8, 4) is 5.75 Å². The number of nitrogens with one attached hydrogen (secondary N) is 2. The molecule has 0 heterocycles. The number of rotatable bonds is 7. The van der Waals surface area contributed by atoms with Crippen LogP contribution in [0.4, 0.5) is 4.79 Å². The van der Waals surface area contributed by atoms with Crippen molar-refractivity contribution in [1.82, 2.24) is 10.6 Å². The monoisotopic (exact) mass is 298 g/mol. The maximum Gasteiger partial charge on any atom is 0.315 e. The van der Waals surface area contributed by atoms with E-state index in [-0.39, 0.29) is 6.03 Å². The van der Waals surface area contributed by atoms with Gasteiger partial charge in [-0.3, -0.25) is 0 Å². The second kappa shape index (κ2) is 8.72. The lowest BCUT2D eigenvalue weighted by Gasteiger charge is -2.09. The van der Waals surface area contributed by atoms with Crippen LogP contribution in [0.25, 0.3) is 0 Å². The average molecular weight is 298 g/mol. The highest BCUT2D eigenvalue weighted by atomic mass is 16.5. The van der Waals surface area contributed by atoms with E-state index < -0.39 is 0 Å². The first kappa shape index (κ1) is 15.9. The van der Waals surface area contributed by atoms with Gasteiger partial charge in [-0.15, -0.1) is 0 Å². The fourth-order valence-electron chi connectivity index (χ4n) is 2.00. The Balaban J connectivity index is 1.60. The van der Waals surface area contributed by atoms with Gasteiger partial charge in [0.1, 0.15) is 12.4 Å². The number of amides is 2. The molecule has 0 radical (unpaired) electrons. The minimum atomic E-state index is -0.186. The van der Waals surface area contributed by atoms with Crippen LogP contribution >= 0.6 is 0 Å². The molecule has 4 heteroatoms. The van der Waals surface area contributed by atoms with Gasteiger partial charge in [0.25, 0.3) is 0 Å². The summed E-state index contributed by atoms with van der Waals surface area (Å²) in [4.78, 5) is 11.6. The number of carbonyl (C=O) groups is 1. The van der Waals surface area contributed by atoms with Crippen molar-refractivity contribution in [1.29, 1.82) is 0 Å². The van der Waals surface area contributed by atoms with Gasteiger partial charge in [0.05, 0.1) is 6.54 Å². The van der Waals surface area contributed by atoms with Crippen LogP contribution < -0.4 is 15.4 Å². The SMILES string of the molecule is CCc1ccc(OCCNC(=O)NCc2ccccc2)cc1. The summed E-state index contributed by atoms with van der Waals surface area (Å²) in [5.74, 6) is 0.823. The van der Waals surface area contributed by atoms with E-state index in [1.165, 1.54) is 5.56 Å². The molecule has 0 atom stereocenters. The molecule has 2 aromatic rings. The third-order valence-corrected chi connectivity index (χ3v) is 3.28. The molecule has 0 fully saturated rings. The zero-order chi connectivity index (χ0) is 15.6. The van der Waals surface area contributed by atoms with E-state index in [1.54, 1.807) is 0 Å². The molecule has 0 spiro atoms. The van der Waals surface area contributed by atoms with Crippen LogP contribution in [0.5, 0.6) is 5.75 Å². The molecule has 2 amide bonds. The normalized spacial score (nSPS) is 10.0. The number of hydrogen-bond acceptors (Lipinski definition) is 2. The summed E-state index contributed by atoms with van der Waals surface area (Å²) in [7, 11) is 0. The Morgan fingerprint density at radius 1 is 0.955 bits per heavy atom. The summed E-state index contributed by atoms with van der Waals surface area (Å²) < 4.78 is 5.58. The molecule has 22 heavy (non-hydrogen) atoms. The number of hydrogen-bond donors (Lipinski definition) is 2. The van der Waals surface area contributed by atoms with Crippen LogP contribution in [-0.2, 0) is 13.0 Å². The molecule has 0 aliphatic carbocycles. The third-order valence-electron chi connectivity index (χ3n) is 3.28. The zero-order valence-electron chi connectivity index (χ0n) is 12.8. The van der Waals surface area contributed by atoms with Gasteiger partial charge < -0.3 is 15.4 Å². The molecule has 0 saturated carbocycles. The van der Waals surface area contributed by atoms with Crippen LogP contribution in [0.1, 0.15) is 18.1 Å². The Morgan fingerprint density at radius 2 is 1.68 bits per heavy atom. The second-order valence-corrected chi connectivity index (χ2v) is 4.94. The Bertz CT molecular complexity index is 567. The Morgan fingerprint density at radius 3 is 2.36 bits per heavy atom. The summed E-state index contributed by atoms with van der Waals surface area (Å²) in [6.45, 7) is 3.56. The standard InChI is InChI=1S/C18H22N2O2/c1-2-15-8-10-17(11-9-15)22-13-12-19-18(21)20-14-16-6-4-3-5-7-16/h3-11H,2,12-14H2,1H3,(H2,19,20,21). The largest absolute Gasteiger partial charge is 0.492 e. The highest BCUT2D eigenvalue weighted by Crippen LogP contribution is 2.11. The molecule has 116 valence electrons. The Labute approximate surface area is 131 Å². The van der Waals surface area contributed by atoms with Crippen LogP contribution in [-0.4, -0.2) is 19.2 Å². The highest BCUT2D eigenvalue weighted by molar-refractivity contribution is 5.73. The van der Waals surface area contributed by atoms with E-state index in [4.69, 9.17) is 4.74 Å². The first-order valence-electron chi connectivity index (χ1n) is 7.55. The number of benzene rings is 2. The van der Waals surface area contributed by atoms with Crippen molar-refractivity contribution in [2.75, 3.05) is 13.2 Å². The summed E-state index contributed by atoms with van der Waals surface area (Å²) in [5.41, 5.74) is 2.36. The first-order chi connectivity index (χ1) is 10.8. The van der Waals surface area contributed by atoms with Crippen molar-refractivity contribution >= 4 is 6.03 Å². The van der Waals surface area contributed by atoms with Crippen molar-refractivity contribution in [2.24, 2.45) is 0 Å². The Hall–Kier alpha value is -2.49. The molecular formula is C18H22N2O2. The summed E-state index contributed by atoms with van der Waals surface area (Å²) in [6, 6.07) is 17.6. The minimum Gasteiger partial charge on any atom is -0.492 e. The number of urea groups is 1. The van der Waals surface area contributed by atoms with Gasteiger partial charge in [0, 0.05) is 6.54 Å². The number of carbonyl (C=O) groups excluding carboxylic acids is 1. The molecule has 4 nitrogen and oxygen atoms in total. The van der Waals surface area contributed by atoms with E-state index >= 15 is 0 Å². The zero-order valence-corrected chi connectivity index (χ0v) is 12.8. The quantitative estimate of drug-likeness (QED) is 0.772. The van der Waals surface area contributed by atoms with Gasteiger partial charge in [0.15, 0.2) is 0 Å². The number of ether oxygens (including phenoxy) is 1. The smallest absolute Gasteiger partial charge is 0.315 e. The minimum absolute atomic E-state index is 0.186. The van der Waals surface area contributed by atoms with Gasteiger partial charge in [-0.25, -0.2) is 4.79 Å². The lowest BCUT2D eigenvalue weighted by molar-refractivity contribution is 0.236. The van der Waals surface area contributed by atoms with Crippen LogP contribution in [0.2, 0.25) is 0 Å². The van der Waals surface area contributed by atoms with Crippen molar-refractivity contribution in [3.63, 3.8) is 0 Å². The van der Waals surface area contributed by atoms with Crippen molar-refractivity contribution < 1.29 is 9.53 Å². The molecule has 0 unspecified atom stereocenters. The van der Waals surface area contributed by atoms with E-state index in [0.29, 0.717) is 19.7 Å². The first-order valence-corrected chi connectivity index (χ1v) is 7.55. The molecule has 0 aromatic heterocycles. The molecule has 2 rings (SSSR count). The topological polar surface area (TPSA) is 50.4 Å². The van der Waals surface area contributed by atoms with E-state index in [1.807, 2.05) is 42.5 Å². The van der Waals surface area contributed by atoms with Gasteiger partial charge in [0.2, 0.25) is 0 Å². The Kier molecular flexibility index (Phi) is 6.30. The van der Waals surface area contributed by atoms with Crippen LogP contribution in [0.3, 0.4) is 0 Å². The average Bonchev–Trinajstić information content (AvgIpc) is 2.58. The second-order valence-electron chi connectivity index (χ2n) is 4.94. The summed E-state index contributed by atoms with van der Waals surface area (Å²) >= 11 is 0. The number of aryl methyl sites for hydroxylation is 1. The van der Waals surface area contributed by atoms with E-state index in [0.717, 1.165) is 17.7 Å². The van der Waals surface area contributed by atoms with Crippen LogP contribution in [0, 0.1) is 0 Å². The predicted molar refractivity (Wildman–Crippen MR) is 88.0 cm³/mol. The molecule has 0 bridgehead atoms. The van der Waals surface area contributed by atoms with E-state index in [9.17, 15) is 4.79 Å². The molecule has 2 aromatic carbocycles. The third kappa shape index (κ3) is 5.48. The lowest BCUT2D eigenvalue weighted by atomic mass is 10.2.